The van der Waals surface area contributed by atoms with Crippen LogP contribution in [0.4, 0.5) is 0 Å². The van der Waals surface area contributed by atoms with Gasteiger partial charge in [-0.1, -0.05) is 19.9 Å². The van der Waals surface area contributed by atoms with Gasteiger partial charge in [0.05, 0.1) is 0 Å². The van der Waals surface area contributed by atoms with Crippen LogP contribution in [0.15, 0.2) is 18.2 Å². The topological polar surface area (TPSA) is 67.9 Å². The Morgan fingerprint density at radius 2 is 2.00 bits per heavy atom. The third-order valence-corrected chi connectivity index (χ3v) is 3.57. The summed E-state index contributed by atoms with van der Waals surface area (Å²) in [6.45, 7) is 7.42. The number of fused-ring (bicyclic) bond motifs is 1. The molecule has 1 aliphatic heterocycles. The van der Waals surface area contributed by atoms with Gasteiger partial charge in [-0.25, -0.2) is 0 Å². The van der Waals surface area contributed by atoms with E-state index in [0.29, 0.717) is 37.7 Å². The monoisotopic (exact) mass is 320 g/mol. The van der Waals surface area contributed by atoms with Crippen molar-refractivity contribution in [3.8, 4) is 11.5 Å². The van der Waals surface area contributed by atoms with E-state index in [9.17, 15) is 9.59 Å². The van der Waals surface area contributed by atoms with Crippen LogP contribution in [0, 0.1) is 5.92 Å². The zero-order valence-corrected chi connectivity index (χ0v) is 13.9. The number of amides is 2. The highest BCUT2D eigenvalue weighted by atomic mass is 16.7. The molecule has 1 heterocycles. The molecule has 0 saturated carbocycles. The summed E-state index contributed by atoms with van der Waals surface area (Å²) in [6.07, 6.45) is 0.302. The molecule has 1 aliphatic rings. The molecule has 0 saturated heterocycles. The fraction of sp³-hybridized carbons (Fsp3) is 0.529. The van der Waals surface area contributed by atoms with E-state index in [1.807, 2.05) is 18.2 Å². The van der Waals surface area contributed by atoms with Gasteiger partial charge in [0, 0.05) is 33.0 Å². The number of nitrogens with one attached hydrogen (secondary N) is 1. The lowest BCUT2D eigenvalue weighted by molar-refractivity contribution is -0.130. The molecule has 0 aromatic heterocycles. The van der Waals surface area contributed by atoms with Crippen molar-refractivity contribution in [3.05, 3.63) is 23.8 Å². The average molecular weight is 320 g/mol. The Hall–Kier alpha value is -2.24. The lowest BCUT2D eigenvalue weighted by atomic mass is 10.2. The summed E-state index contributed by atoms with van der Waals surface area (Å²) in [6, 6.07) is 5.60. The van der Waals surface area contributed by atoms with E-state index in [2.05, 4.69) is 19.2 Å². The number of benzene rings is 1. The number of nitrogens with zero attached hydrogens (tertiary/aromatic N) is 1. The average Bonchev–Trinajstić information content (AvgIpc) is 2.96. The van der Waals surface area contributed by atoms with Gasteiger partial charge in [-0.05, 0) is 23.6 Å². The van der Waals surface area contributed by atoms with E-state index in [0.717, 1.165) is 11.3 Å². The zero-order valence-electron chi connectivity index (χ0n) is 13.9. The second-order valence-corrected chi connectivity index (χ2v) is 6.07. The summed E-state index contributed by atoms with van der Waals surface area (Å²) in [5.74, 6) is 1.75. The smallest absolute Gasteiger partial charge is 0.231 e. The summed E-state index contributed by atoms with van der Waals surface area (Å²) in [5.41, 5.74) is 0.952. The maximum absolute atomic E-state index is 12.0. The molecule has 23 heavy (non-hydrogen) atoms. The van der Waals surface area contributed by atoms with Crippen LogP contribution in [0.2, 0.25) is 0 Å². The number of hydrogen-bond acceptors (Lipinski definition) is 4. The molecule has 0 radical (unpaired) electrons. The standard InChI is InChI=1S/C17H24N2O4/c1-12(2)10-19(13(3)20)7-6-17(21)18-9-14-4-5-15-16(8-14)23-11-22-15/h4-5,8,12H,6-7,9-11H2,1-3H3,(H,18,21). The van der Waals surface area contributed by atoms with Gasteiger partial charge >= 0.3 is 0 Å². The number of ether oxygens (including phenoxy) is 2. The lowest BCUT2D eigenvalue weighted by Crippen LogP contribution is -2.36. The minimum atomic E-state index is -0.0716. The Morgan fingerprint density at radius 3 is 2.70 bits per heavy atom. The van der Waals surface area contributed by atoms with Gasteiger partial charge in [0.15, 0.2) is 11.5 Å². The van der Waals surface area contributed by atoms with Crippen LogP contribution in [-0.2, 0) is 16.1 Å². The predicted molar refractivity (Wildman–Crippen MR) is 86.1 cm³/mol. The summed E-state index contributed by atoms with van der Waals surface area (Å²) in [5, 5.41) is 2.86. The first kappa shape index (κ1) is 17.1. The van der Waals surface area contributed by atoms with Crippen molar-refractivity contribution in [1.82, 2.24) is 10.2 Å². The number of rotatable bonds is 7. The molecule has 0 aliphatic carbocycles. The van der Waals surface area contributed by atoms with Crippen LogP contribution in [0.5, 0.6) is 11.5 Å². The zero-order chi connectivity index (χ0) is 16.8. The molecule has 126 valence electrons. The fourth-order valence-electron chi connectivity index (χ4n) is 2.39. The van der Waals surface area contributed by atoms with E-state index >= 15 is 0 Å². The highest BCUT2D eigenvalue weighted by molar-refractivity contribution is 5.78. The molecule has 0 atom stereocenters. The summed E-state index contributed by atoms with van der Waals surface area (Å²) < 4.78 is 10.6. The van der Waals surface area contributed by atoms with Crippen molar-refractivity contribution in [2.24, 2.45) is 5.92 Å². The van der Waals surface area contributed by atoms with Crippen molar-refractivity contribution in [2.45, 2.75) is 33.7 Å². The third-order valence-electron chi connectivity index (χ3n) is 3.57. The summed E-state index contributed by atoms with van der Waals surface area (Å²) in [4.78, 5) is 25.2. The van der Waals surface area contributed by atoms with E-state index in [1.165, 1.54) is 6.92 Å². The third kappa shape index (κ3) is 5.16. The number of hydrogen-bond donors (Lipinski definition) is 1. The molecule has 6 nitrogen and oxygen atoms in total. The predicted octanol–water partition coefficient (Wildman–Crippen LogP) is 1.93. The summed E-state index contributed by atoms with van der Waals surface area (Å²) in [7, 11) is 0. The highest BCUT2D eigenvalue weighted by Gasteiger charge is 2.14. The normalized spacial score (nSPS) is 12.3. The molecule has 1 aromatic rings. The van der Waals surface area contributed by atoms with Crippen LogP contribution in [0.1, 0.15) is 32.8 Å². The molecule has 0 unspecified atom stereocenters. The second kappa shape index (κ2) is 7.85. The molecule has 1 N–H and O–H groups in total. The summed E-state index contributed by atoms with van der Waals surface area (Å²) >= 11 is 0. The maximum atomic E-state index is 12.0. The molecule has 2 rings (SSSR count). The van der Waals surface area contributed by atoms with Crippen molar-refractivity contribution < 1.29 is 19.1 Å². The SMILES string of the molecule is CC(=O)N(CCC(=O)NCc1ccc2c(c1)OCO2)CC(C)C. The minimum Gasteiger partial charge on any atom is -0.454 e. The molecule has 0 fully saturated rings. The molecule has 2 amide bonds. The van der Waals surface area contributed by atoms with Crippen LogP contribution >= 0.6 is 0 Å². The quantitative estimate of drug-likeness (QED) is 0.833. The van der Waals surface area contributed by atoms with Crippen molar-refractivity contribution in [3.63, 3.8) is 0 Å². The Morgan fingerprint density at radius 1 is 1.26 bits per heavy atom. The molecular formula is C17H24N2O4. The van der Waals surface area contributed by atoms with E-state index in [1.54, 1.807) is 4.90 Å². The maximum Gasteiger partial charge on any atom is 0.231 e. The van der Waals surface area contributed by atoms with Gasteiger partial charge in [-0.2, -0.15) is 0 Å². The van der Waals surface area contributed by atoms with E-state index in [4.69, 9.17) is 9.47 Å². The second-order valence-electron chi connectivity index (χ2n) is 6.07. The first-order valence-electron chi connectivity index (χ1n) is 7.86. The molecule has 0 bridgehead atoms. The van der Waals surface area contributed by atoms with Crippen LogP contribution in [0.3, 0.4) is 0 Å². The van der Waals surface area contributed by atoms with Gasteiger partial charge < -0.3 is 19.7 Å². The minimum absolute atomic E-state index is 0.00210. The van der Waals surface area contributed by atoms with Crippen molar-refractivity contribution >= 4 is 11.8 Å². The molecule has 1 aromatic carbocycles. The Bertz CT molecular complexity index is 572. The van der Waals surface area contributed by atoms with Gasteiger partial charge in [0.1, 0.15) is 0 Å². The molecule has 0 spiro atoms. The van der Waals surface area contributed by atoms with Gasteiger partial charge in [-0.3, -0.25) is 9.59 Å². The van der Waals surface area contributed by atoms with Crippen LogP contribution in [0.25, 0.3) is 0 Å². The van der Waals surface area contributed by atoms with Crippen LogP contribution < -0.4 is 14.8 Å². The highest BCUT2D eigenvalue weighted by Crippen LogP contribution is 2.32. The molecule has 6 heteroatoms. The van der Waals surface area contributed by atoms with E-state index in [-0.39, 0.29) is 18.6 Å². The molecular weight excluding hydrogens is 296 g/mol. The Kier molecular flexibility index (Phi) is 5.84. The van der Waals surface area contributed by atoms with Crippen molar-refractivity contribution in [2.75, 3.05) is 19.9 Å². The Balaban J connectivity index is 1.77. The largest absolute Gasteiger partial charge is 0.454 e. The number of carbonyl (C=O) groups is 2. The Labute approximate surface area is 136 Å². The van der Waals surface area contributed by atoms with E-state index < -0.39 is 0 Å². The van der Waals surface area contributed by atoms with Gasteiger partial charge in [0.2, 0.25) is 18.6 Å². The fourth-order valence-corrected chi connectivity index (χ4v) is 2.39. The van der Waals surface area contributed by atoms with Crippen LogP contribution in [-0.4, -0.2) is 36.6 Å². The van der Waals surface area contributed by atoms with Gasteiger partial charge in [-0.15, -0.1) is 0 Å². The number of carbonyl (C=O) groups excluding carboxylic acids is 2. The van der Waals surface area contributed by atoms with Gasteiger partial charge in [0.25, 0.3) is 0 Å². The lowest BCUT2D eigenvalue weighted by Gasteiger charge is -2.22. The van der Waals surface area contributed by atoms with Crippen molar-refractivity contribution in [1.29, 1.82) is 0 Å². The first-order valence-corrected chi connectivity index (χ1v) is 7.86. The first-order chi connectivity index (χ1) is 11.0.